The van der Waals surface area contributed by atoms with Crippen LogP contribution in [0.1, 0.15) is 9.67 Å². The second-order valence-corrected chi connectivity index (χ2v) is 6.95. The Balaban J connectivity index is 2.31. The fraction of sp³-hybridized carbons (Fsp3) is 0.143. The first kappa shape index (κ1) is 17.7. The minimum absolute atomic E-state index is 0.0583. The molecule has 0 amide bonds. The zero-order valence-electron chi connectivity index (χ0n) is 12.4. The minimum Gasteiger partial charge on any atom is -0.495 e. The Morgan fingerprint density at radius 3 is 2.71 bits per heavy atom. The van der Waals surface area contributed by atoms with Gasteiger partial charge in [-0.05, 0) is 29.6 Å². The molecule has 0 radical (unpaired) electrons. The van der Waals surface area contributed by atoms with Gasteiger partial charge in [-0.3, -0.25) is 4.79 Å². The zero-order valence-corrected chi connectivity index (χ0v) is 14.0. The molecule has 0 fully saturated rings. The van der Waals surface area contributed by atoms with Crippen LogP contribution >= 0.6 is 11.3 Å². The van der Waals surface area contributed by atoms with Gasteiger partial charge in [0.1, 0.15) is 16.7 Å². The van der Waals surface area contributed by atoms with E-state index in [4.69, 9.17) is 15.1 Å². The molecular formula is C14H12N4O4S2. The third-order valence-electron chi connectivity index (χ3n) is 2.88. The Hall–Kier alpha value is -2.61. The Kier molecular flexibility index (Phi) is 5.40. The fourth-order valence-corrected chi connectivity index (χ4v) is 3.17. The van der Waals surface area contributed by atoms with E-state index in [2.05, 4.69) is 10.2 Å². The molecule has 10 heteroatoms. The van der Waals surface area contributed by atoms with Crippen molar-refractivity contribution in [2.75, 3.05) is 7.11 Å². The predicted octanol–water partition coefficient (Wildman–Crippen LogP) is 2.26. The number of methoxy groups -OCH3 is 1. The summed E-state index contributed by atoms with van der Waals surface area (Å²) in [6.07, 6.45) is 0. The van der Waals surface area contributed by atoms with Gasteiger partial charge in [-0.25, -0.2) is 13.6 Å². The molecule has 8 nitrogen and oxygen atoms in total. The van der Waals surface area contributed by atoms with E-state index in [0.29, 0.717) is 4.88 Å². The number of benzene rings is 1. The standard InChI is InChI=1S/C14H12N4O4S2/c1-22-11-5-4-9(7-13(11)24(16,20)21)17-18-10(8-15)14(19)12-3-2-6-23-12/h2-7,10H,1H3,(H2,16,20,21). The number of carbonyl (C=O) groups excluding carboxylic acids is 1. The highest BCUT2D eigenvalue weighted by atomic mass is 32.2. The Morgan fingerprint density at radius 2 is 2.17 bits per heavy atom. The van der Waals surface area contributed by atoms with E-state index in [0.717, 1.165) is 6.07 Å². The SMILES string of the molecule is COc1ccc(N=NC(C#N)C(=O)c2cccs2)cc1S(N)(=O)=O. The molecule has 0 spiro atoms. The maximum Gasteiger partial charge on any atom is 0.241 e. The molecule has 0 saturated carbocycles. The lowest BCUT2D eigenvalue weighted by molar-refractivity contribution is 0.0983. The average molecular weight is 364 g/mol. The van der Waals surface area contributed by atoms with Crippen LogP contribution in [0.4, 0.5) is 5.69 Å². The highest BCUT2D eigenvalue weighted by molar-refractivity contribution is 7.89. The van der Waals surface area contributed by atoms with Gasteiger partial charge in [0.05, 0.1) is 17.7 Å². The summed E-state index contributed by atoms with van der Waals surface area (Å²) in [5.74, 6) is -0.417. The molecule has 0 bridgehead atoms. The van der Waals surface area contributed by atoms with Gasteiger partial charge in [0.25, 0.3) is 0 Å². The first-order valence-corrected chi connectivity index (χ1v) is 8.88. The summed E-state index contributed by atoms with van der Waals surface area (Å²) in [5, 5.41) is 23.4. The lowest BCUT2D eigenvalue weighted by Gasteiger charge is -2.06. The lowest BCUT2D eigenvalue weighted by Crippen LogP contribution is -2.15. The molecule has 124 valence electrons. The van der Waals surface area contributed by atoms with Crippen LogP contribution in [-0.4, -0.2) is 27.4 Å². The molecule has 1 aromatic carbocycles. The number of sulfonamides is 1. The maximum absolute atomic E-state index is 12.1. The van der Waals surface area contributed by atoms with Crippen LogP contribution in [0.5, 0.6) is 5.75 Å². The van der Waals surface area contributed by atoms with Gasteiger partial charge in [-0.2, -0.15) is 15.5 Å². The van der Waals surface area contributed by atoms with Crippen LogP contribution in [0, 0.1) is 11.3 Å². The maximum atomic E-state index is 12.1. The number of nitrogens with zero attached hydrogens (tertiary/aromatic N) is 3. The van der Waals surface area contributed by atoms with Gasteiger partial charge >= 0.3 is 0 Å². The van der Waals surface area contributed by atoms with Crippen molar-refractivity contribution < 1.29 is 17.9 Å². The molecule has 0 aliphatic carbocycles. The summed E-state index contributed by atoms with van der Waals surface area (Å²) >= 11 is 1.19. The van der Waals surface area contributed by atoms with E-state index in [1.54, 1.807) is 23.6 Å². The van der Waals surface area contributed by atoms with Crippen molar-refractivity contribution in [3.8, 4) is 11.8 Å². The van der Waals surface area contributed by atoms with Crippen molar-refractivity contribution in [2.24, 2.45) is 15.4 Å². The van der Waals surface area contributed by atoms with Crippen LogP contribution in [0.25, 0.3) is 0 Å². The molecule has 0 aliphatic rings. The smallest absolute Gasteiger partial charge is 0.241 e. The third-order valence-corrected chi connectivity index (χ3v) is 4.69. The van der Waals surface area contributed by atoms with Crippen LogP contribution in [0.3, 0.4) is 0 Å². The van der Waals surface area contributed by atoms with Crippen molar-refractivity contribution >= 4 is 32.8 Å². The monoisotopic (exact) mass is 364 g/mol. The molecular weight excluding hydrogens is 352 g/mol. The van der Waals surface area contributed by atoms with Gasteiger partial charge in [0.15, 0.2) is 0 Å². The molecule has 0 aliphatic heterocycles. The van der Waals surface area contributed by atoms with E-state index in [1.807, 2.05) is 0 Å². The average Bonchev–Trinajstić information content (AvgIpc) is 3.08. The fourth-order valence-electron chi connectivity index (χ4n) is 1.76. The van der Waals surface area contributed by atoms with E-state index < -0.39 is 21.8 Å². The van der Waals surface area contributed by atoms with E-state index >= 15 is 0 Å². The normalized spacial score (nSPS) is 12.7. The molecule has 2 aromatic rings. The van der Waals surface area contributed by atoms with Gasteiger partial charge in [-0.1, -0.05) is 6.07 Å². The van der Waals surface area contributed by atoms with Crippen LogP contribution < -0.4 is 9.88 Å². The number of nitrogens with two attached hydrogens (primary N) is 1. The molecule has 1 atom stereocenters. The number of hydrogen-bond acceptors (Lipinski definition) is 8. The summed E-state index contributed by atoms with van der Waals surface area (Å²) in [6, 6.07) is 7.65. The molecule has 1 heterocycles. The van der Waals surface area contributed by atoms with E-state index in [9.17, 15) is 13.2 Å². The largest absolute Gasteiger partial charge is 0.495 e. The second kappa shape index (κ2) is 7.31. The molecule has 24 heavy (non-hydrogen) atoms. The summed E-state index contributed by atoms with van der Waals surface area (Å²) in [5.41, 5.74) is 0.124. The number of carbonyl (C=O) groups is 1. The molecule has 0 saturated heterocycles. The highest BCUT2D eigenvalue weighted by Gasteiger charge is 2.20. The number of thiophene rings is 1. The molecule has 2 N–H and O–H groups in total. The van der Waals surface area contributed by atoms with Gasteiger partial charge < -0.3 is 4.74 Å². The topological polar surface area (TPSA) is 135 Å². The Morgan fingerprint density at radius 1 is 1.42 bits per heavy atom. The summed E-state index contributed by atoms with van der Waals surface area (Å²) < 4.78 is 28.0. The van der Waals surface area contributed by atoms with Crippen molar-refractivity contribution in [3.63, 3.8) is 0 Å². The van der Waals surface area contributed by atoms with Crippen molar-refractivity contribution in [3.05, 3.63) is 40.6 Å². The predicted molar refractivity (Wildman–Crippen MR) is 86.9 cm³/mol. The van der Waals surface area contributed by atoms with Crippen LogP contribution in [-0.2, 0) is 10.0 Å². The number of primary sulfonamides is 1. The first-order valence-electron chi connectivity index (χ1n) is 6.46. The van der Waals surface area contributed by atoms with E-state index in [-0.39, 0.29) is 16.3 Å². The Bertz CT molecular complexity index is 915. The van der Waals surface area contributed by atoms with E-state index in [1.165, 1.54) is 30.6 Å². The summed E-state index contributed by atoms with van der Waals surface area (Å²) in [7, 11) is -2.72. The van der Waals surface area contributed by atoms with Gasteiger partial charge in [0.2, 0.25) is 21.8 Å². The second-order valence-electron chi connectivity index (χ2n) is 4.47. The number of ketones is 1. The number of azo groups is 1. The van der Waals surface area contributed by atoms with Crippen LogP contribution in [0.2, 0.25) is 0 Å². The molecule has 1 aromatic heterocycles. The first-order chi connectivity index (χ1) is 11.4. The van der Waals surface area contributed by atoms with Gasteiger partial charge in [-0.15, -0.1) is 11.3 Å². The van der Waals surface area contributed by atoms with Crippen molar-refractivity contribution in [2.45, 2.75) is 10.9 Å². The highest BCUT2D eigenvalue weighted by Crippen LogP contribution is 2.28. The van der Waals surface area contributed by atoms with Crippen LogP contribution in [0.15, 0.2) is 50.8 Å². The number of ether oxygens (including phenoxy) is 1. The number of Topliss-reactive ketones (excluding diaryl/α,β-unsaturated/α-hetero) is 1. The van der Waals surface area contributed by atoms with Crippen molar-refractivity contribution in [1.82, 2.24) is 0 Å². The minimum atomic E-state index is -4.02. The summed E-state index contributed by atoms with van der Waals surface area (Å²) in [4.78, 5) is 12.2. The lowest BCUT2D eigenvalue weighted by atomic mass is 10.2. The van der Waals surface area contributed by atoms with Crippen molar-refractivity contribution in [1.29, 1.82) is 5.26 Å². The zero-order chi connectivity index (χ0) is 17.7. The molecule has 1 unspecified atom stereocenters. The number of nitriles is 1. The number of hydrogen-bond donors (Lipinski definition) is 1. The number of rotatable bonds is 6. The molecule has 2 rings (SSSR count). The van der Waals surface area contributed by atoms with Gasteiger partial charge in [0, 0.05) is 0 Å². The third kappa shape index (κ3) is 4.02. The summed E-state index contributed by atoms with van der Waals surface area (Å²) in [6.45, 7) is 0. The Labute approximate surface area is 142 Å². The quantitative estimate of drug-likeness (QED) is 0.619.